The molecule has 4 heteroatoms. The van der Waals surface area contributed by atoms with Crippen LogP contribution in [0.1, 0.15) is 67.2 Å². The van der Waals surface area contributed by atoms with Gasteiger partial charge < -0.3 is 29.7 Å². The third kappa shape index (κ3) is 7.24. The van der Waals surface area contributed by atoms with E-state index in [4.69, 9.17) is 0 Å². The van der Waals surface area contributed by atoms with E-state index in [1.807, 2.05) is 0 Å². The molecular formula is C19H34Cl2NTi. The zero-order valence-corrected chi connectivity index (χ0v) is 19.3. The summed E-state index contributed by atoms with van der Waals surface area (Å²) in [7, 11) is 4.32. The first-order valence-corrected chi connectivity index (χ1v) is 8.14. The zero-order chi connectivity index (χ0) is 15.6. The van der Waals surface area contributed by atoms with Crippen molar-refractivity contribution in [3.8, 4) is 0 Å². The largest absolute Gasteiger partial charge is 3.00 e. The zero-order valence-electron chi connectivity index (χ0n) is 16.2. The number of nitrogens with zero attached hydrogens (tertiary/aromatic N) is 1. The molecule has 0 unspecified atom stereocenters. The van der Waals surface area contributed by atoms with Crippen molar-refractivity contribution in [2.75, 3.05) is 20.6 Å². The van der Waals surface area contributed by atoms with Crippen molar-refractivity contribution in [3.05, 3.63) is 22.8 Å². The van der Waals surface area contributed by atoms with Gasteiger partial charge in [-0.25, -0.2) is 5.57 Å². The Morgan fingerprint density at radius 3 is 1.83 bits per heavy atom. The van der Waals surface area contributed by atoms with Gasteiger partial charge in [0.15, 0.2) is 0 Å². The minimum absolute atomic E-state index is 0. The van der Waals surface area contributed by atoms with E-state index in [-0.39, 0.29) is 57.4 Å². The summed E-state index contributed by atoms with van der Waals surface area (Å²) < 4.78 is 0. The van der Waals surface area contributed by atoms with Crippen molar-refractivity contribution >= 4 is 0 Å². The average Bonchev–Trinajstić information content (AvgIpc) is 2.81. The second-order valence-corrected chi connectivity index (χ2v) is 7.74. The van der Waals surface area contributed by atoms with Crippen LogP contribution < -0.4 is 24.8 Å². The van der Waals surface area contributed by atoms with Crippen LogP contribution in [-0.4, -0.2) is 25.5 Å². The molecule has 1 nitrogen and oxygen atoms in total. The monoisotopic (exact) mass is 394 g/mol. The fourth-order valence-electron chi connectivity index (χ4n) is 2.87. The molecule has 1 radical (unpaired) electrons. The van der Waals surface area contributed by atoms with Crippen LogP contribution in [0.15, 0.2) is 16.7 Å². The Bertz CT molecular complexity index is 410. The van der Waals surface area contributed by atoms with E-state index in [0.717, 1.165) is 13.0 Å². The van der Waals surface area contributed by atoms with E-state index in [9.17, 15) is 0 Å². The molecule has 0 aliphatic heterocycles. The second-order valence-electron chi connectivity index (χ2n) is 7.74. The van der Waals surface area contributed by atoms with E-state index in [1.54, 1.807) is 11.1 Å². The number of halogens is 2. The van der Waals surface area contributed by atoms with Crippen molar-refractivity contribution in [3.63, 3.8) is 0 Å². The third-order valence-electron chi connectivity index (χ3n) is 5.06. The summed E-state index contributed by atoms with van der Waals surface area (Å²) in [6.45, 7) is 15.3. The molecule has 0 atom stereocenters. The van der Waals surface area contributed by atoms with E-state index in [0.29, 0.717) is 0 Å². The van der Waals surface area contributed by atoms with Crippen molar-refractivity contribution < 1.29 is 46.5 Å². The Labute approximate surface area is 172 Å². The Morgan fingerprint density at radius 1 is 0.957 bits per heavy atom. The predicted octanol–water partition coefficient (Wildman–Crippen LogP) is -0.754. The van der Waals surface area contributed by atoms with Gasteiger partial charge in [0.1, 0.15) is 0 Å². The van der Waals surface area contributed by atoms with Gasteiger partial charge in [-0.05, 0) is 38.9 Å². The number of allylic oxidation sites excluding steroid dienone is 3. The first-order valence-electron chi connectivity index (χ1n) is 8.14. The molecule has 133 valence electrons. The van der Waals surface area contributed by atoms with Gasteiger partial charge in [-0.2, -0.15) is 11.1 Å². The van der Waals surface area contributed by atoms with Crippen molar-refractivity contribution in [1.82, 2.24) is 4.90 Å². The molecule has 23 heavy (non-hydrogen) atoms. The third-order valence-corrected chi connectivity index (χ3v) is 5.06. The van der Waals surface area contributed by atoms with Crippen LogP contribution in [-0.2, 0) is 21.7 Å². The molecule has 0 heterocycles. The van der Waals surface area contributed by atoms with Gasteiger partial charge in [-0.1, -0.05) is 53.4 Å². The second kappa shape index (κ2) is 11.4. The summed E-state index contributed by atoms with van der Waals surface area (Å²) in [5.41, 5.74) is 5.27. The summed E-state index contributed by atoms with van der Waals surface area (Å²) in [5, 5.41) is 0. The molecule has 0 aromatic carbocycles. The van der Waals surface area contributed by atoms with Gasteiger partial charge in [0.2, 0.25) is 0 Å². The van der Waals surface area contributed by atoms with Crippen molar-refractivity contribution in [2.24, 2.45) is 10.8 Å². The Balaban J connectivity index is -0.00000133. The first kappa shape index (κ1) is 28.5. The maximum Gasteiger partial charge on any atom is 3.00 e. The maximum absolute atomic E-state index is 3.74. The fourth-order valence-corrected chi connectivity index (χ4v) is 2.87. The van der Waals surface area contributed by atoms with Gasteiger partial charge >= 0.3 is 21.7 Å². The maximum atomic E-state index is 3.74. The smallest absolute Gasteiger partial charge is 1.00 e. The van der Waals surface area contributed by atoms with Gasteiger partial charge in [0.25, 0.3) is 0 Å². The summed E-state index contributed by atoms with van der Waals surface area (Å²) in [5.74, 6) is 0. The molecular weight excluding hydrogens is 361 g/mol. The molecule has 0 spiro atoms. The molecule has 1 aliphatic rings. The van der Waals surface area contributed by atoms with Crippen LogP contribution in [0.2, 0.25) is 0 Å². The SMILES string of the molecule is CCC(C)(C)C1=[C-]CC(CCN(C)C)=C1C(C)(C)CC.[Cl-].[Cl-].[Ti+3]. The number of rotatable bonds is 7. The van der Waals surface area contributed by atoms with Crippen LogP contribution in [0, 0.1) is 16.9 Å². The molecule has 0 saturated heterocycles. The topological polar surface area (TPSA) is 3.24 Å². The van der Waals surface area contributed by atoms with Crippen LogP contribution in [0.25, 0.3) is 0 Å². The Kier molecular flexibility index (Phi) is 14.1. The molecule has 1 aliphatic carbocycles. The van der Waals surface area contributed by atoms with E-state index < -0.39 is 0 Å². The van der Waals surface area contributed by atoms with E-state index in [2.05, 4.69) is 66.6 Å². The van der Waals surface area contributed by atoms with Crippen LogP contribution in [0.3, 0.4) is 0 Å². The first-order chi connectivity index (χ1) is 9.15. The predicted molar refractivity (Wildman–Crippen MR) is 89.7 cm³/mol. The van der Waals surface area contributed by atoms with Gasteiger partial charge in [-0.15, -0.1) is 6.42 Å². The minimum Gasteiger partial charge on any atom is -1.00 e. The van der Waals surface area contributed by atoms with Gasteiger partial charge in [0.05, 0.1) is 0 Å². The van der Waals surface area contributed by atoms with Crippen molar-refractivity contribution in [2.45, 2.75) is 67.2 Å². The van der Waals surface area contributed by atoms with Crippen LogP contribution in [0.4, 0.5) is 0 Å². The molecule has 0 aromatic heterocycles. The quantitative estimate of drug-likeness (QED) is 0.405. The summed E-state index contributed by atoms with van der Waals surface area (Å²) >= 11 is 0. The van der Waals surface area contributed by atoms with Crippen LogP contribution in [0.5, 0.6) is 0 Å². The van der Waals surface area contributed by atoms with Gasteiger partial charge in [-0.3, -0.25) is 6.08 Å². The molecule has 0 bridgehead atoms. The van der Waals surface area contributed by atoms with Crippen LogP contribution >= 0.6 is 0 Å². The molecule has 0 N–H and O–H groups in total. The number of hydrogen-bond acceptors (Lipinski definition) is 1. The fraction of sp³-hybridized carbons (Fsp3) is 0.789. The molecule has 0 fully saturated rings. The Hall–Kier alpha value is 0.734. The molecule has 0 aromatic rings. The van der Waals surface area contributed by atoms with E-state index in [1.165, 1.54) is 24.8 Å². The van der Waals surface area contributed by atoms with Crippen molar-refractivity contribution in [1.29, 1.82) is 0 Å². The van der Waals surface area contributed by atoms with Gasteiger partial charge in [0, 0.05) is 0 Å². The van der Waals surface area contributed by atoms with E-state index >= 15 is 0 Å². The molecule has 0 amide bonds. The standard InChI is InChI=1S/C19H34N.2ClH.Ti/c1-9-18(3,4)16-12-11-15(13-14-20(7)8)17(16)19(5,6)10-2;;;/h9-11,13-14H2,1-8H3;2*1H;/q-1;;;+3/p-2. The summed E-state index contributed by atoms with van der Waals surface area (Å²) in [4.78, 5) is 2.28. The molecule has 1 rings (SSSR count). The average molecular weight is 395 g/mol. The Morgan fingerprint density at radius 2 is 1.43 bits per heavy atom. The summed E-state index contributed by atoms with van der Waals surface area (Å²) in [6, 6.07) is 0. The molecule has 0 saturated carbocycles. The summed E-state index contributed by atoms with van der Waals surface area (Å²) in [6.07, 6.45) is 8.34. The number of hydrogen-bond donors (Lipinski definition) is 0. The minimum atomic E-state index is 0. The normalized spacial score (nSPS) is 14.9.